The summed E-state index contributed by atoms with van der Waals surface area (Å²) in [4.78, 5) is 11.0. The number of nitrogens with zero attached hydrogens (tertiary/aromatic N) is 3. The molecular formula is C44H25N3OS. The van der Waals surface area contributed by atoms with E-state index in [1.165, 1.54) is 10.1 Å². The zero-order valence-corrected chi connectivity index (χ0v) is 26.9. The molecule has 228 valence electrons. The van der Waals surface area contributed by atoms with Crippen LogP contribution in [0, 0.1) is 0 Å². The van der Waals surface area contributed by atoms with Crippen molar-refractivity contribution < 1.29 is 4.42 Å². The van der Waals surface area contributed by atoms with Crippen LogP contribution in [0.3, 0.4) is 0 Å². The lowest BCUT2D eigenvalue weighted by Crippen LogP contribution is -2.04. The van der Waals surface area contributed by atoms with Gasteiger partial charge in [0.1, 0.15) is 11.2 Å². The third-order valence-electron chi connectivity index (χ3n) is 9.82. The molecule has 4 nitrogen and oxygen atoms in total. The van der Waals surface area contributed by atoms with Gasteiger partial charge in [0.05, 0.1) is 26.9 Å². The first-order valence-corrected chi connectivity index (χ1v) is 17.2. The van der Waals surface area contributed by atoms with Crippen molar-refractivity contribution in [3.05, 3.63) is 152 Å². The van der Waals surface area contributed by atoms with Crippen LogP contribution in [-0.4, -0.2) is 14.5 Å². The van der Waals surface area contributed by atoms with Crippen LogP contribution in [0.4, 0.5) is 0 Å². The normalized spacial score (nSPS) is 12.1. The van der Waals surface area contributed by atoms with Crippen molar-refractivity contribution in [3.63, 3.8) is 0 Å². The number of furan rings is 1. The standard InChI is InChI=1S/C44H25N3OS/c1-2-13-27(14-3-1)38-43-39(35-17-7-9-23-37(35)49-43)46-44(45-38)47-40-28-15-5-4-12-26(28)24-25-32(40)30-18-10-19-31(41(30)47)34-21-11-20-33-29-16-6-8-22-36(29)48-42(33)34/h1-25H. The van der Waals surface area contributed by atoms with E-state index in [9.17, 15) is 0 Å². The molecule has 0 bridgehead atoms. The molecule has 0 atom stereocenters. The number of hydrogen-bond donors (Lipinski definition) is 0. The van der Waals surface area contributed by atoms with Crippen LogP contribution in [0.25, 0.3) is 103 Å². The Labute approximate surface area is 284 Å². The molecule has 0 spiro atoms. The predicted octanol–water partition coefficient (Wildman–Crippen LogP) is 12.3. The highest BCUT2D eigenvalue weighted by atomic mass is 32.1. The number of hydrogen-bond acceptors (Lipinski definition) is 4. The average Bonchev–Trinajstić information content (AvgIpc) is 3.85. The van der Waals surface area contributed by atoms with Crippen molar-refractivity contribution in [2.45, 2.75) is 0 Å². The van der Waals surface area contributed by atoms with Crippen LogP contribution >= 0.6 is 11.3 Å². The fraction of sp³-hybridized carbons (Fsp3) is 0. The van der Waals surface area contributed by atoms with E-state index in [4.69, 9.17) is 14.4 Å². The summed E-state index contributed by atoms with van der Waals surface area (Å²) in [6, 6.07) is 53.4. The SMILES string of the molecule is c1ccc(-c2nc(-n3c4c(-c5cccc6c5oc5ccccc56)cccc4c4ccc5ccccc5c43)nc3c2sc2ccccc23)cc1. The number of fused-ring (bicyclic) bond motifs is 11. The summed E-state index contributed by atoms with van der Waals surface area (Å²) >= 11 is 1.76. The average molecular weight is 644 g/mol. The van der Waals surface area contributed by atoms with Gasteiger partial charge in [-0.3, -0.25) is 4.57 Å². The first kappa shape index (κ1) is 26.7. The van der Waals surface area contributed by atoms with Crippen molar-refractivity contribution in [1.82, 2.24) is 14.5 Å². The Morgan fingerprint density at radius 3 is 2.08 bits per heavy atom. The van der Waals surface area contributed by atoms with E-state index in [0.29, 0.717) is 5.95 Å². The minimum atomic E-state index is 0.649. The molecule has 0 unspecified atom stereocenters. The van der Waals surface area contributed by atoms with Crippen molar-refractivity contribution in [3.8, 4) is 28.3 Å². The van der Waals surface area contributed by atoms with Gasteiger partial charge in [-0.1, -0.05) is 140 Å². The molecule has 4 heterocycles. The summed E-state index contributed by atoms with van der Waals surface area (Å²) in [7, 11) is 0. The van der Waals surface area contributed by atoms with E-state index in [-0.39, 0.29) is 0 Å². The molecule has 0 aliphatic heterocycles. The number of thiophene rings is 1. The smallest absolute Gasteiger partial charge is 0.235 e. The highest BCUT2D eigenvalue weighted by molar-refractivity contribution is 7.26. The maximum absolute atomic E-state index is 6.61. The maximum Gasteiger partial charge on any atom is 0.235 e. The lowest BCUT2D eigenvalue weighted by atomic mass is 9.99. The third-order valence-corrected chi connectivity index (χ3v) is 11.0. The van der Waals surface area contributed by atoms with E-state index in [2.05, 4.69) is 144 Å². The molecule has 0 fully saturated rings. The number of benzene rings is 7. The lowest BCUT2D eigenvalue weighted by Gasteiger charge is -2.13. The molecule has 5 heteroatoms. The summed E-state index contributed by atoms with van der Waals surface area (Å²) in [6.45, 7) is 0. The van der Waals surface area contributed by atoms with Crippen LogP contribution in [0.5, 0.6) is 0 Å². The summed E-state index contributed by atoms with van der Waals surface area (Å²) in [5.74, 6) is 0.649. The van der Waals surface area contributed by atoms with E-state index in [0.717, 1.165) is 87.1 Å². The van der Waals surface area contributed by atoms with Gasteiger partial charge < -0.3 is 4.42 Å². The molecule has 0 radical (unpaired) electrons. The number of rotatable bonds is 3. The van der Waals surface area contributed by atoms with Gasteiger partial charge in [0.15, 0.2) is 0 Å². The Morgan fingerprint density at radius 1 is 0.490 bits per heavy atom. The van der Waals surface area contributed by atoms with Crippen LogP contribution < -0.4 is 0 Å². The van der Waals surface area contributed by atoms with Gasteiger partial charge in [0.2, 0.25) is 5.95 Å². The Morgan fingerprint density at radius 2 is 1.18 bits per heavy atom. The van der Waals surface area contributed by atoms with Gasteiger partial charge in [-0.2, -0.15) is 0 Å². The Kier molecular flexibility index (Phi) is 5.51. The predicted molar refractivity (Wildman–Crippen MR) is 205 cm³/mol. The lowest BCUT2D eigenvalue weighted by molar-refractivity contribution is 0.670. The fourth-order valence-electron chi connectivity index (χ4n) is 7.67. The quantitative estimate of drug-likeness (QED) is 0.192. The zero-order valence-electron chi connectivity index (χ0n) is 26.1. The van der Waals surface area contributed by atoms with Gasteiger partial charge in [-0.15, -0.1) is 11.3 Å². The molecule has 0 saturated carbocycles. The van der Waals surface area contributed by atoms with Crippen molar-refractivity contribution in [2.24, 2.45) is 0 Å². The Balaban J connectivity index is 1.34. The molecule has 4 aromatic heterocycles. The second-order valence-electron chi connectivity index (χ2n) is 12.5. The summed E-state index contributed by atoms with van der Waals surface area (Å²) in [5, 5.41) is 7.99. The summed E-state index contributed by atoms with van der Waals surface area (Å²) in [6.07, 6.45) is 0. The molecular weight excluding hydrogens is 619 g/mol. The van der Waals surface area contributed by atoms with E-state index < -0.39 is 0 Å². The van der Waals surface area contributed by atoms with Gasteiger partial charge >= 0.3 is 0 Å². The van der Waals surface area contributed by atoms with E-state index in [1.807, 2.05) is 12.1 Å². The van der Waals surface area contributed by atoms with E-state index >= 15 is 0 Å². The minimum absolute atomic E-state index is 0.649. The first-order valence-electron chi connectivity index (χ1n) is 16.4. The largest absolute Gasteiger partial charge is 0.455 e. The molecule has 49 heavy (non-hydrogen) atoms. The second kappa shape index (κ2) is 10.1. The fourth-order valence-corrected chi connectivity index (χ4v) is 8.83. The van der Waals surface area contributed by atoms with Gasteiger partial charge in [-0.25, -0.2) is 9.97 Å². The van der Waals surface area contributed by atoms with Crippen LogP contribution in [0.15, 0.2) is 156 Å². The highest BCUT2D eigenvalue weighted by Gasteiger charge is 2.24. The highest BCUT2D eigenvalue weighted by Crippen LogP contribution is 2.45. The molecule has 0 aliphatic carbocycles. The Hall–Kier alpha value is -6.30. The molecule has 0 amide bonds. The van der Waals surface area contributed by atoms with Crippen molar-refractivity contribution in [2.75, 3.05) is 0 Å². The topological polar surface area (TPSA) is 43.9 Å². The molecule has 0 N–H and O–H groups in total. The molecule has 11 aromatic rings. The molecule has 0 saturated heterocycles. The molecule has 0 aliphatic rings. The van der Waals surface area contributed by atoms with Crippen LogP contribution in [-0.2, 0) is 0 Å². The Bertz CT molecular complexity index is 3110. The molecule has 7 aromatic carbocycles. The van der Waals surface area contributed by atoms with Crippen molar-refractivity contribution in [1.29, 1.82) is 0 Å². The monoisotopic (exact) mass is 643 g/mol. The second-order valence-corrected chi connectivity index (χ2v) is 13.6. The van der Waals surface area contributed by atoms with Gasteiger partial charge in [0.25, 0.3) is 0 Å². The summed E-state index contributed by atoms with van der Waals surface area (Å²) in [5.41, 5.74) is 9.00. The number of aromatic nitrogens is 3. The third kappa shape index (κ3) is 3.79. The summed E-state index contributed by atoms with van der Waals surface area (Å²) < 4.78 is 11.2. The first-order chi connectivity index (χ1) is 24.3. The van der Waals surface area contributed by atoms with Gasteiger partial charge in [-0.05, 0) is 17.5 Å². The minimum Gasteiger partial charge on any atom is -0.455 e. The zero-order chi connectivity index (χ0) is 32.1. The molecule has 11 rings (SSSR count). The van der Waals surface area contributed by atoms with Crippen LogP contribution in [0.2, 0.25) is 0 Å². The van der Waals surface area contributed by atoms with Crippen LogP contribution in [0.1, 0.15) is 0 Å². The van der Waals surface area contributed by atoms with Gasteiger partial charge in [0, 0.05) is 53.7 Å². The number of para-hydroxylation sites is 3. The van der Waals surface area contributed by atoms with E-state index in [1.54, 1.807) is 11.3 Å². The maximum atomic E-state index is 6.61. The van der Waals surface area contributed by atoms with Crippen molar-refractivity contribution >= 4 is 86.2 Å².